The Bertz CT molecular complexity index is 199. The average Bonchev–Trinajstić information content (AvgIpc) is 2.49. The predicted octanol–water partition coefficient (Wildman–Crippen LogP) is 2.12. The second-order valence-corrected chi connectivity index (χ2v) is 4.13. The van der Waals surface area contributed by atoms with Crippen LogP contribution in [0.25, 0.3) is 0 Å². The van der Waals surface area contributed by atoms with Gasteiger partial charge in [-0.15, -0.1) is 0 Å². The number of hydrogen-bond donors (Lipinski definition) is 1. The molecule has 13 heavy (non-hydrogen) atoms. The fourth-order valence-electron chi connectivity index (χ4n) is 2.02. The van der Waals surface area contributed by atoms with Gasteiger partial charge < -0.3 is 5.73 Å². The molecule has 2 N–H and O–H groups in total. The Morgan fingerprint density at radius 3 is 2.08 bits per heavy atom. The summed E-state index contributed by atoms with van der Waals surface area (Å²) in [5.41, 5.74) is 4.64. The lowest BCUT2D eigenvalue weighted by Gasteiger charge is -2.13. The van der Waals surface area contributed by atoms with Gasteiger partial charge in [-0.3, -0.25) is 0 Å². The maximum atomic E-state index is 12.8. The van der Waals surface area contributed by atoms with Crippen molar-refractivity contribution < 1.29 is 17.6 Å². The third-order valence-electron chi connectivity index (χ3n) is 3.02. The maximum Gasteiger partial charge on any atom is 0.419 e. The van der Waals surface area contributed by atoms with Crippen LogP contribution in [0.5, 0.6) is 0 Å². The number of nitrogens with two attached hydrogens (primary N) is 1. The average molecular weight is 199 g/mol. The normalized spacial score (nSPS) is 34.4. The first-order valence-electron chi connectivity index (χ1n) is 4.13. The van der Waals surface area contributed by atoms with Gasteiger partial charge in [-0.05, 0) is 17.9 Å². The van der Waals surface area contributed by atoms with Crippen LogP contribution in [0, 0.1) is 17.3 Å². The van der Waals surface area contributed by atoms with Crippen LogP contribution in [-0.4, -0.2) is 18.9 Å². The Labute approximate surface area is 74.3 Å². The van der Waals surface area contributed by atoms with Gasteiger partial charge >= 0.3 is 6.18 Å². The van der Waals surface area contributed by atoms with Crippen LogP contribution in [0.15, 0.2) is 0 Å². The summed E-state index contributed by atoms with van der Waals surface area (Å²) in [5, 5.41) is 0. The van der Waals surface area contributed by atoms with Crippen molar-refractivity contribution in [2.24, 2.45) is 23.0 Å². The van der Waals surface area contributed by atoms with Crippen molar-refractivity contribution in [3.8, 4) is 0 Å². The SMILES string of the molecule is CC1(C)[C@@H](CN)[C@@H]1C(F)C(F)(F)F. The van der Waals surface area contributed by atoms with E-state index < -0.39 is 23.7 Å². The van der Waals surface area contributed by atoms with Crippen LogP contribution in [0.3, 0.4) is 0 Å². The Balaban J connectivity index is 2.67. The lowest BCUT2D eigenvalue weighted by atomic mass is 10.1. The highest BCUT2D eigenvalue weighted by molar-refractivity contribution is 5.09. The summed E-state index contributed by atoms with van der Waals surface area (Å²) in [6.45, 7) is 3.36. The fourth-order valence-corrected chi connectivity index (χ4v) is 2.02. The molecule has 5 heteroatoms. The molecule has 1 aliphatic rings. The molecule has 0 spiro atoms. The van der Waals surface area contributed by atoms with Crippen LogP contribution >= 0.6 is 0 Å². The number of hydrogen-bond acceptors (Lipinski definition) is 1. The molecule has 0 bridgehead atoms. The first kappa shape index (κ1) is 10.8. The number of halogens is 4. The quantitative estimate of drug-likeness (QED) is 0.677. The molecule has 1 aliphatic carbocycles. The molecule has 1 nitrogen and oxygen atoms in total. The molecule has 0 aromatic heterocycles. The van der Waals surface area contributed by atoms with Gasteiger partial charge in [0.1, 0.15) is 0 Å². The second-order valence-electron chi connectivity index (χ2n) is 4.13. The minimum absolute atomic E-state index is 0.119. The molecule has 0 aromatic rings. The lowest BCUT2D eigenvalue weighted by molar-refractivity contribution is -0.188. The molecule has 0 amide bonds. The van der Waals surface area contributed by atoms with Gasteiger partial charge in [-0.1, -0.05) is 13.8 Å². The maximum absolute atomic E-state index is 12.8. The third-order valence-corrected chi connectivity index (χ3v) is 3.02. The van der Waals surface area contributed by atoms with E-state index in [1.807, 2.05) is 0 Å². The van der Waals surface area contributed by atoms with Crippen LogP contribution in [0.1, 0.15) is 13.8 Å². The molecule has 78 valence electrons. The van der Waals surface area contributed by atoms with Crippen molar-refractivity contribution in [1.29, 1.82) is 0 Å². The predicted molar refractivity (Wildman–Crippen MR) is 40.8 cm³/mol. The van der Waals surface area contributed by atoms with E-state index in [-0.39, 0.29) is 12.5 Å². The zero-order valence-corrected chi connectivity index (χ0v) is 7.53. The minimum Gasteiger partial charge on any atom is -0.330 e. The number of rotatable bonds is 2. The van der Waals surface area contributed by atoms with Gasteiger partial charge in [0, 0.05) is 5.92 Å². The van der Waals surface area contributed by atoms with Gasteiger partial charge in [0.2, 0.25) is 0 Å². The van der Waals surface area contributed by atoms with E-state index in [1.165, 1.54) is 0 Å². The minimum atomic E-state index is -4.74. The third kappa shape index (κ3) is 1.66. The Morgan fingerprint density at radius 1 is 1.38 bits per heavy atom. The molecule has 0 radical (unpaired) electrons. The Hall–Kier alpha value is -0.320. The van der Waals surface area contributed by atoms with E-state index in [4.69, 9.17) is 5.73 Å². The highest BCUT2D eigenvalue weighted by Gasteiger charge is 2.66. The topological polar surface area (TPSA) is 26.0 Å². The van der Waals surface area contributed by atoms with Crippen molar-refractivity contribution >= 4 is 0 Å². The zero-order valence-electron chi connectivity index (χ0n) is 7.53. The monoisotopic (exact) mass is 199 g/mol. The molecular weight excluding hydrogens is 186 g/mol. The molecular formula is C8H13F4N. The number of alkyl halides is 4. The van der Waals surface area contributed by atoms with Crippen LogP contribution < -0.4 is 5.73 Å². The largest absolute Gasteiger partial charge is 0.419 e. The summed E-state index contributed by atoms with van der Waals surface area (Å²) < 4.78 is 48.8. The molecule has 1 saturated carbocycles. The van der Waals surface area contributed by atoms with Gasteiger partial charge in [0.25, 0.3) is 0 Å². The highest BCUT2D eigenvalue weighted by Crippen LogP contribution is 2.62. The molecule has 3 atom stereocenters. The van der Waals surface area contributed by atoms with Gasteiger partial charge in [0.05, 0.1) is 0 Å². The zero-order chi connectivity index (χ0) is 10.4. The molecule has 0 saturated heterocycles. The summed E-state index contributed by atoms with van der Waals surface area (Å²) in [4.78, 5) is 0. The van der Waals surface area contributed by atoms with Crippen molar-refractivity contribution in [2.75, 3.05) is 6.54 Å². The van der Waals surface area contributed by atoms with E-state index in [2.05, 4.69) is 0 Å². The van der Waals surface area contributed by atoms with Gasteiger partial charge in [0.15, 0.2) is 6.17 Å². The Morgan fingerprint density at radius 2 is 1.85 bits per heavy atom. The Kier molecular flexibility index (Phi) is 2.35. The molecule has 1 rings (SSSR count). The summed E-state index contributed by atoms with van der Waals surface area (Å²) >= 11 is 0. The summed E-state index contributed by atoms with van der Waals surface area (Å²) in [6.07, 6.45) is -7.47. The van der Waals surface area contributed by atoms with Gasteiger partial charge in [-0.2, -0.15) is 13.2 Å². The van der Waals surface area contributed by atoms with E-state index in [0.29, 0.717) is 0 Å². The summed E-state index contributed by atoms with van der Waals surface area (Å²) in [5.74, 6) is -1.30. The second kappa shape index (κ2) is 2.83. The fraction of sp³-hybridized carbons (Fsp3) is 1.00. The first-order valence-corrected chi connectivity index (χ1v) is 4.13. The summed E-state index contributed by atoms with van der Waals surface area (Å²) in [7, 11) is 0. The van der Waals surface area contributed by atoms with E-state index in [0.717, 1.165) is 0 Å². The van der Waals surface area contributed by atoms with Crippen LogP contribution in [-0.2, 0) is 0 Å². The van der Waals surface area contributed by atoms with E-state index in [9.17, 15) is 17.6 Å². The van der Waals surface area contributed by atoms with Crippen molar-refractivity contribution in [3.63, 3.8) is 0 Å². The molecule has 0 aliphatic heterocycles. The molecule has 0 aromatic carbocycles. The van der Waals surface area contributed by atoms with Gasteiger partial charge in [-0.25, -0.2) is 4.39 Å². The molecule has 1 unspecified atom stereocenters. The van der Waals surface area contributed by atoms with Crippen molar-refractivity contribution in [1.82, 2.24) is 0 Å². The standard InChI is InChI=1S/C8H13F4N/c1-7(2)4(3-13)5(7)6(9)8(10,11)12/h4-6H,3,13H2,1-2H3/t4-,5+,6?/m0/s1. The first-order chi connectivity index (χ1) is 5.73. The van der Waals surface area contributed by atoms with Crippen LogP contribution in [0.2, 0.25) is 0 Å². The molecule has 1 fully saturated rings. The summed E-state index contributed by atoms with van der Waals surface area (Å²) in [6, 6.07) is 0. The lowest BCUT2D eigenvalue weighted by Crippen LogP contribution is -2.28. The van der Waals surface area contributed by atoms with Crippen LogP contribution in [0.4, 0.5) is 17.6 Å². The van der Waals surface area contributed by atoms with Crippen molar-refractivity contribution in [3.05, 3.63) is 0 Å². The molecule has 0 heterocycles. The smallest absolute Gasteiger partial charge is 0.330 e. The van der Waals surface area contributed by atoms with Crippen molar-refractivity contribution in [2.45, 2.75) is 26.2 Å². The van der Waals surface area contributed by atoms with E-state index in [1.54, 1.807) is 13.8 Å². The highest BCUT2D eigenvalue weighted by atomic mass is 19.4. The van der Waals surface area contributed by atoms with E-state index >= 15 is 0 Å².